The van der Waals surface area contributed by atoms with Crippen LogP contribution in [0.3, 0.4) is 0 Å². The van der Waals surface area contributed by atoms with E-state index < -0.39 is 0 Å². The Labute approximate surface area is 196 Å². The van der Waals surface area contributed by atoms with Crippen LogP contribution in [-0.2, 0) is 17.9 Å². The minimum absolute atomic E-state index is 0.148. The number of nitrogens with zero attached hydrogens (tertiary/aromatic N) is 5. The average Bonchev–Trinajstić information content (AvgIpc) is 3.26. The van der Waals surface area contributed by atoms with E-state index in [9.17, 15) is 4.79 Å². The summed E-state index contributed by atoms with van der Waals surface area (Å²) in [4.78, 5) is 21.9. The maximum atomic E-state index is 13.2. The Hall–Kier alpha value is -3.43. The molecule has 0 saturated carbocycles. The highest BCUT2D eigenvalue weighted by molar-refractivity contribution is 5.96. The van der Waals surface area contributed by atoms with Gasteiger partial charge in [0, 0.05) is 37.6 Å². The number of para-hydroxylation sites is 1. The Morgan fingerprint density at radius 2 is 1.91 bits per heavy atom. The lowest BCUT2D eigenvalue weighted by atomic mass is 10.0. The standard InChI is InChI=1S/C27H31N5O/c1-3-4-8-24-18-32(26-9-6-5-7-21(26)2)27(33)19-30(24)17-25-15-29-20-31(25)16-23-12-10-22(14-28)11-13-23/h5-7,9-13,15,20,24H,3-4,8,16-19H2,1-2H3/t24-/m0/s1. The van der Waals surface area contributed by atoms with Gasteiger partial charge in [-0.3, -0.25) is 9.69 Å². The molecule has 1 aliphatic heterocycles. The molecular weight excluding hydrogens is 410 g/mol. The lowest BCUT2D eigenvalue weighted by molar-refractivity contribution is -0.122. The molecule has 1 fully saturated rings. The zero-order valence-corrected chi connectivity index (χ0v) is 19.4. The Morgan fingerprint density at radius 3 is 2.64 bits per heavy atom. The third kappa shape index (κ3) is 5.32. The molecule has 1 atom stereocenters. The van der Waals surface area contributed by atoms with Crippen LogP contribution in [0.2, 0.25) is 0 Å². The van der Waals surface area contributed by atoms with Gasteiger partial charge in [-0.15, -0.1) is 0 Å². The first-order chi connectivity index (χ1) is 16.1. The van der Waals surface area contributed by atoms with Crippen molar-refractivity contribution in [3.05, 3.63) is 83.4 Å². The summed E-state index contributed by atoms with van der Waals surface area (Å²) in [7, 11) is 0. The van der Waals surface area contributed by atoms with Gasteiger partial charge in [0.05, 0.1) is 30.2 Å². The van der Waals surface area contributed by atoms with Gasteiger partial charge in [-0.1, -0.05) is 50.1 Å². The summed E-state index contributed by atoms with van der Waals surface area (Å²) in [6, 6.07) is 18.3. The number of unbranched alkanes of at least 4 members (excludes halogenated alkanes) is 1. The second-order valence-corrected chi connectivity index (χ2v) is 8.81. The summed E-state index contributed by atoms with van der Waals surface area (Å²) in [5.41, 5.74) is 5.03. The van der Waals surface area contributed by atoms with E-state index in [0.29, 0.717) is 37.8 Å². The zero-order valence-electron chi connectivity index (χ0n) is 19.4. The maximum absolute atomic E-state index is 13.2. The van der Waals surface area contributed by atoms with Crippen LogP contribution in [0.25, 0.3) is 0 Å². The van der Waals surface area contributed by atoms with Crippen LogP contribution in [-0.4, -0.2) is 39.5 Å². The minimum Gasteiger partial charge on any atom is -0.329 e. The van der Waals surface area contributed by atoms with Gasteiger partial charge in [-0.05, 0) is 42.7 Å². The van der Waals surface area contributed by atoms with Gasteiger partial charge in [0.2, 0.25) is 5.91 Å². The first-order valence-electron chi connectivity index (χ1n) is 11.7. The monoisotopic (exact) mass is 441 g/mol. The first-order valence-corrected chi connectivity index (χ1v) is 11.7. The first kappa shape index (κ1) is 22.8. The lowest BCUT2D eigenvalue weighted by Gasteiger charge is -2.41. The van der Waals surface area contributed by atoms with Crippen molar-refractivity contribution >= 4 is 11.6 Å². The smallest absolute Gasteiger partial charge is 0.241 e. The molecule has 33 heavy (non-hydrogen) atoms. The van der Waals surface area contributed by atoms with Crippen molar-refractivity contribution in [1.82, 2.24) is 14.5 Å². The second kappa shape index (κ2) is 10.5. The number of hydrogen-bond acceptors (Lipinski definition) is 4. The Morgan fingerprint density at radius 1 is 1.12 bits per heavy atom. The number of carbonyl (C=O) groups excluding carboxylic acids is 1. The molecule has 6 heteroatoms. The van der Waals surface area contributed by atoms with E-state index in [2.05, 4.69) is 40.4 Å². The van der Waals surface area contributed by atoms with Gasteiger partial charge in [0.1, 0.15) is 0 Å². The average molecular weight is 442 g/mol. The normalized spacial score (nSPS) is 16.7. The number of amides is 1. The molecule has 0 N–H and O–H groups in total. The maximum Gasteiger partial charge on any atom is 0.241 e. The topological polar surface area (TPSA) is 65.2 Å². The number of carbonyl (C=O) groups is 1. The number of rotatable bonds is 8. The van der Waals surface area contributed by atoms with E-state index >= 15 is 0 Å². The van der Waals surface area contributed by atoms with Crippen LogP contribution in [0.1, 0.15) is 48.6 Å². The number of aromatic nitrogens is 2. The summed E-state index contributed by atoms with van der Waals surface area (Å²) >= 11 is 0. The minimum atomic E-state index is 0.148. The summed E-state index contributed by atoms with van der Waals surface area (Å²) in [6.07, 6.45) is 7.09. The number of aryl methyl sites for hydroxylation is 1. The molecule has 0 spiro atoms. The predicted octanol–water partition coefficient (Wildman–Crippen LogP) is 4.52. The van der Waals surface area contributed by atoms with Crippen LogP contribution in [0, 0.1) is 18.3 Å². The molecule has 0 bridgehead atoms. The van der Waals surface area contributed by atoms with Crippen LogP contribution in [0.15, 0.2) is 61.1 Å². The second-order valence-electron chi connectivity index (χ2n) is 8.81. The third-order valence-corrected chi connectivity index (χ3v) is 6.45. The molecule has 2 heterocycles. The molecule has 0 aliphatic carbocycles. The predicted molar refractivity (Wildman–Crippen MR) is 130 cm³/mol. The fourth-order valence-corrected chi connectivity index (χ4v) is 4.53. The largest absolute Gasteiger partial charge is 0.329 e. The summed E-state index contributed by atoms with van der Waals surface area (Å²) < 4.78 is 2.14. The molecule has 1 saturated heterocycles. The highest BCUT2D eigenvalue weighted by atomic mass is 16.2. The van der Waals surface area contributed by atoms with Crippen LogP contribution < -0.4 is 4.90 Å². The molecule has 6 nitrogen and oxygen atoms in total. The molecule has 1 aliphatic rings. The number of imidazole rings is 1. The van der Waals surface area contributed by atoms with Gasteiger partial charge in [0.15, 0.2) is 0 Å². The van der Waals surface area contributed by atoms with Crippen molar-refractivity contribution in [1.29, 1.82) is 5.26 Å². The number of benzene rings is 2. The third-order valence-electron chi connectivity index (χ3n) is 6.45. The van der Waals surface area contributed by atoms with E-state index in [0.717, 1.165) is 41.8 Å². The molecular formula is C27H31N5O. The van der Waals surface area contributed by atoms with Crippen LogP contribution >= 0.6 is 0 Å². The zero-order chi connectivity index (χ0) is 23.2. The number of hydrogen-bond donors (Lipinski definition) is 0. The number of anilines is 1. The van der Waals surface area contributed by atoms with Gasteiger partial charge in [0.25, 0.3) is 0 Å². The van der Waals surface area contributed by atoms with E-state index in [-0.39, 0.29) is 5.91 Å². The van der Waals surface area contributed by atoms with Crippen molar-refractivity contribution in [3.8, 4) is 6.07 Å². The molecule has 1 amide bonds. The molecule has 3 aromatic rings. The summed E-state index contributed by atoms with van der Waals surface area (Å²) in [6.45, 7) is 6.79. The molecule has 0 unspecified atom stereocenters. The van der Waals surface area contributed by atoms with E-state index in [4.69, 9.17) is 5.26 Å². The fourth-order valence-electron chi connectivity index (χ4n) is 4.53. The number of piperazine rings is 1. The van der Waals surface area contributed by atoms with Crippen LogP contribution in [0.4, 0.5) is 5.69 Å². The molecule has 170 valence electrons. The van der Waals surface area contributed by atoms with Gasteiger partial charge in [-0.25, -0.2) is 4.98 Å². The van der Waals surface area contributed by atoms with Crippen molar-refractivity contribution in [2.75, 3.05) is 18.0 Å². The lowest BCUT2D eigenvalue weighted by Crippen LogP contribution is -2.56. The Balaban J connectivity index is 1.51. The quantitative estimate of drug-likeness (QED) is 0.516. The number of nitriles is 1. The van der Waals surface area contributed by atoms with Crippen molar-refractivity contribution in [2.45, 2.75) is 52.2 Å². The van der Waals surface area contributed by atoms with E-state index in [1.807, 2.05) is 59.9 Å². The molecule has 2 aromatic carbocycles. The molecule has 1 aromatic heterocycles. The van der Waals surface area contributed by atoms with Gasteiger partial charge < -0.3 is 9.47 Å². The van der Waals surface area contributed by atoms with E-state index in [1.165, 1.54) is 0 Å². The molecule has 0 radical (unpaired) electrons. The highest BCUT2D eigenvalue weighted by Gasteiger charge is 2.33. The highest BCUT2D eigenvalue weighted by Crippen LogP contribution is 2.26. The molecule has 4 rings (SSSR count). The Bertz CT molecular complexity index is 1130. The van der Waals surface area contributed by atoms with E-state index in [1.54, 1.807) is 0 Å². The summed E-state index contributed by atoms with van der Waals surface area (Å²) in [5, 5.41) is 9.02. The van der Waals surface area contributed by atoms with Crippen molar-refractivity contribution in [2.24, 2.45) is 0 Å². The fraction of sp³-hybridized carbons (Fsp3) is 0.370. The van der Waals surface area contributed by atoms with Gasteiger partial charge >= 0.3 is 0 Å². The van der Waals surface area contributed by atoms with Crippen molar-refractivity contribution < 1.29 is 4.79 Å². The summed E-state index contributed by atoms with van der Waals surface area (Å²) in [5.74, 6) is 0.148. The van der Waals surface area contributed by atoms with Crippen molar-refractivity contribution in [3.63, 3.8) is 0 Å². The van der Waals surface area contributed by atoms with Gasteiger partial charge in [-0.2, -0.15) is 5.26 Å². The van der Waals surface area contributed by atoms with Crippen LogP contribution in [0.5, 0.6) is 0 Å². The Kier molecular flexibility index (Phi) is 7.21. The SMILES string of the molecule is CCCC[C@H]1CN(c2ccccc2C)C(=O)CN1Cc1cncn1Cc1ccc(C#N)cc1.